The van der Waals surface area contributed by atoms with Crippen LogP contribution in [0.5, 0.6) is 5.75 Å². The van der Waals surface area contributed by atoms with E-state index in [1.807, 2.05) is 24.3 Å². The van der Waals surface area contributed by atoms with E-state index in [4.69, 9.17) is 16.3 Å². The van der Waals surface area contributed by atoms with Crippen LogP contribution in [0.2, 0.25) is 5.02 Å². The summed E-state index contributed by atoms with van der Waals surface area (Å²) in [5.74, 6) is 1.17. The third-order valence-corrected chi connectivity index (χ3v) is 4.68. The van der Waals surface area contributed by atoms with Crippen molar-refractivity contribution >= 4 is 29.0 Å². The highest BCUT2D eigenvalue weighted by Gasteiger charge is 2.16. The zero-order valence-corrected chi connectivity index (χ0v) is 15.6. The molecule has 1 amide bonds. The van der Waals surface area contributed by atoms with Crippen LogP contribution in [0.3, 0.4) is 0 Å². The van der Waals surface area contributed by atoms with E-state index in [-0.39, 0.29) is 12.5 Å². The maximum absolute atomic E-state index is 12.0. The zero-order valence-electron chi connectivity index (χ0n) is 14.8. The van der Waals surface area contributed by atoms with Gasteiger partial charge in [0.25, 0.3) is 5.91 Å². The first kappa shape index (κ1) is 18.5. The molecule has 0 unspecified atom stereocenters. The number of pyridine rings is 1. The molecule has 0 bridgehead atoms. The van der Waals surface area contributed by atoms with Gasteiger partial charge in [-0.05, 0) is 30.8 Å². The molecular weight excluding hydrogens is 352 g/mol. The molecule has 2 aromatic rings. The lowest BCUT2D eigenvalue weighted by molar-refractivity contribution is -0.118. The van der Waals surface area contributed by atoms with Crippen molar-refractivity contribution in [3.8, 4) is 5.75 Å². The predicted molar refractivity (Wildman–Crippen MR) is 104 cm³/mol. The zero-order chi connectivity index (χ0) is 18.4. The first-order valence-corrected chi connectivity index (χ1v) is 9.14. The molecule has 1 aliphatic heterocycles. The Labute approximate surface area is 158 Å². The van der Waals surface area contributed by atoms with Gasteiger partial charge in [-0.1, -0.05) is 30.7 Å². The summed E-state index contributed by atoms with van der Waals surface area (Å²) in [5.41, 5.74) is 0.647. The minimum absolute atomic E-state index is 0.107. The number of nitrogens with one attached hydrogen (secondary N) is 1. The highest BCUT2D eigenvalue weighted by molar-refractivity contribution is 6.32. The van der Waals surface area contributed by atoms with Crippen molar-refractivity contribution in [3.63, 3.8) is 0 Å². The van der Waals surface area contributed by atoms with Crippen molar-refractivity contribution in [3.05, 3.63) is 47.6 Å². The van der Waals surface area contributed by atoms with E-state index < -0.39 is 0 Å². The van der Waals surface area contributed by atoms with Gasteiger partial charge in [-0.15, -0.1) is 0 Å². The van der Waals surface area contributed by atoms with Gasteiger partial charge in [0.1, 0.15) is 11.6 Å². The summed E-state index contributed by atoms with van der Waals surface area (Å²) in [7, 11) is 0. The fourth-order valence-electron chi connectivity index (χ4n) is 2.84. The summed E-state index contributed by atoms with van der Waals surface area (Å²) in [5, 5.41) is 3.26. The minimum atomic E-state index is -0.254. The molecule has 7 heteroatoms. The Morgan fingerprint density at radius 2 is 1.96 bits per heavy atom. The first-order chi connectivity index (χ1) is 12.7. The Hall–Kier alpha value is -2.31. The van der Waals surface area contributed by atoms with E-state index in [0.29, 0.717) is 16.5 Å². The monoisotopic (exact) mass is 374 g/mol. The lowest BCUT2D eigenvalue weighted by Crippen LogP contribution is -2.46. The molecule has 3 rings (SSSR count). The summed E-state index contributed by atoms with van der Waals surface area (Å²) in [6.07, 6.45) is 1.68. The molecule has 1 aromatic heterocycles. The lowest BCUT2D eigenvalue weighted by atomic mass is 10.3. The number of ether oxygens (including phenoxy) is 1. The molecule has 138 valence electrons. The predicted octanol–water partition coefficient (Wildman–Crippen LogP) is 2.89. The normalized spacial score (nSPS) is 14.9. The lowest BCUT2D eigenvalue weighted by Gasteiger charge is -2.34. The number of rotatable bonds is 6. The average Bonchev–Trinajstić information content (AvgIpc) is 2.68. The summed E-state index contributed by atoms with van der Waals surface area (Å²) in [4.78, 5) is 21.2. The molecule has 1 saturated heterocycles. The third kappa shape index (κ3) is 4.86. The van der Waals surface area contributed by atoms with Crippen LogP contribution in [0.15, 0.2) is 42.6 Å². The minimum Gasteiger partial charge on any atom is -0.482 e. The number of halogens is 1. The molecule has 1 N–H and O–H groups in total. The van der Waals surface area contributed by atoms with Crippen LogP contribution in [-0.2, 0) is 4.79 Å². The number of carbonyl (C=O) groups is 1. The molecule has 0 radical (unpaired) electrons. The number of para-hydroxylation sites is 1. The molecule has 2 heterocycles. The van der Waals surface area contributed by atoms with E-state index in [0.717, 1.165) is 38.5 Å². The van der Waals surface area contributed by atoms with Gasteiger partial charge in [0.05, 0.1) is 16.9 Å². The number of likely N-dealkylation sites (N-methyl/N-ethyl adjacent to an activating group) is 1. The highest BCUT2D eigenvalue weighted by Crippen LogP contribution is 2.23. The molecule has 1 fully saturated rings. The molecule has 0 aliphatic carbocycles. The number of anilines is 2. The van der Waals surface area contributed by atoms with E-state index >= 15 is 0 Å². The Morgan fingerprint density at radius 1 is 1.19 bits per heavy atom. The maximum atomic E-state index is 12.0. The smallest absolute Gasteiger partial charge is 0.262 e. The summed E-state index contributed by atoms with van der Waals surface area (Å²) in [6, 6.07) is 10.9. The van der Waals surface area contributed by atoms with Crippen LogP contribution in [0.1, 0.15) is 6.92 Å². The maximum Gasteiger partial charge on any atom is 0.262 e. The summed E-state index contributed by atoms with van der Waals surface area (Å²) >= 11 is 6.00. The number of aromatic nitrogens is 1. The molecule has 0 saturated carbocycles. The van der Waals surface area contributed by atoms with Crippen LogP contribution in [-0.4, -0.2) is 55.1 Å². The summed E-state index contributed by atoms with van der Waals surface area (Å²) in [6.45, 7) is 7.20. The van der Waals surface area contributed by atoms with Gasteiger partial charge < -0.3 is 19.9 Å². The molecule has 1 aromatic carbocycles. The van der Waals surface area contributed by atoms with Crippen LogP contribution >= 0.6 is 11.6 Å². The standard InChI is InChI=1S/C19H23ClN4O2/c1-2-23-9-11-24(12-10-23)18-8-7-15(13-21-18)22-19(25)14-26-17-6-4-3-5-16(17)20/h3-8,13H,2,9-12,14H2,1H3,(H,22,25). The van der Waals surface area contributed by atoms with E-state index in [1.165, 1.54) is 0 Å². The number of amides is 1. The fourth-order valence-corrected chi connectivity index (χ4v) is 3.03. The van der Waals surface area contributed by atoms with Gasteiger partial charge in [-0.3, -0.25) is 4.79 Å². The Bertz CT molecular complexity index is 731. The van der Waals surface area contributed by atoms with Crippen LogP contribution in [0, 0.1) is 0 Å². The fraction of sp³-hybridized carbons (Fsp3) is 0.368. The molecule has 0 atom stereocenters. The van der Waals surface area contributed by atoms with E-state index in [9.17, 15) is 4.79 Å². The SMILES string of the molecule is CCN1CCN(c2ccc(NC(=O)COc3ccccc3Cl)cn2)CC1. The van der Waals surface area contributed by atoms with Crippen molar-refractivity contribution in [1.29, 1.82) is 0 Å². The Morgan fingerprint density at radius 3 is 2.62 bits per heavy atom. The topological polar surface area (TPSA) is 57.7 Å². The van der Waals surface area contributed by atoms with Gasteiger partial charge in [0, 0.05) is 26.2 Å². The number of hydrogen-bond acceptors (Lipinski definition) is 5. The largest absolute Gasteiger partial charge is 0.482 e. The van der Waals surface area contributed by atoms with E-state index in [1.54, 1.807) is 18.3 Å². The second-order valence-corrected chi connectivity index (χ2v) is 6.50. The second kappa shape index (κ2) is 8.87. The van der Waals surface area contributed by atoms with Gasteiger partial charge in [-0.25, -0.2) is 4.98 Å². The van der Waals surface area contributed by atoms with Crippen LogP contribution in [0.25, 0.3) is 0 Å². The number of carbonyl (C=O) groups excluding carboxylic acids is 1. The third-order valence-electron chi connectivity index (χ3n) is 4.37. The number of nitrogens with zero attached hydrogens (tertiary/aromatic N) is 3. The summed E-state index contributed by atoms with van der Waals surface area (Å²) < 4.78 is 5.43. The van der Waals surface area contributed by atoms with Gasteiger partial charge in [-0.2, -0.15) is 0 Å². The number of hydrogen-bond donors (Lipinski definition) is 1. The first-order valence-electron chi connectivity index (χ1n) is 8.76. The Kier molecular flexibility index (Phi) is 6.30. The van der Waals surface area contributed by atoms with Crippen molar-refractivity contribution in [2.75, 3.05) is 49.5 Å². The van der Waals surface area contributed by atoms with Gasteiger partial charge in [0.15, 0.2) is 6.61 Å². The average molecular weight is 375 g/mol. The van der Waals surface area contributed by atoms with Crippen molar-refractivity contribution < 1.29 is 9.53 Å². The number of piperazine rings is 1. The quantitative estimate of drug-likeness (QED) is 0.842. The van der Waals surface area contributed by atoms with Crippen molar-refractivity contribution in [2.45, 2.75) is 6.92 Å². The Balaban J connectivity index is 1.49. The molecule has 6 nitrogen and oxygen atoms in total. The molecular formula is C19H23ClN4O2. The second-order valence-electron chi connectivity index (χ2n) is 6.09. The molecule has 0 spiro atoms. The van der Waals surface area contributed by atoms with Gasteiger partial charge >= 0.3 is 0 Å². The molecule has 26 heavy (non-hydrogen) atoms. The van der Waals surface area contributed by atoms with Crippen LogP contribution in [0.4, 0.5) is 11.5 Å². The van der Waals surface area contributed by atoms with Crippen molar-refractivity contribution in [1.82, 2.24) is 9.88 Å². The van der Waals surface area contributed by atoms with Crippen LogP contribution < -0.4 is 15.0 Å². The molecule has 1 aliphatic rings. The number of benzene rings is 1. The van der Waals surface area contributed by atoms with Gasteiger partial charge in [0.2, 0.25) is 0 Å². The van der Waals surface area contributed by atoms with E-state index in [2.05, 4.69) is 27.0 Å². The van der Waals surface area contributed by atoms with Crippen molar-refractivity contribution in [2.24, 2.45) is 0 Å². The highest BCUT2D eigenvalue weighted by atomic mass is 35.5.